The zero-order chi connectivity index (χ0) is 12.0. The molecule has 0 aliphatic heterocycles. The van der Waals surface area contributed by atoms with Crippen LogP contribution in [0.1, 0.15) is 47.5 Å². The van der Waals surface area contributed by atoms with E-state index in [-0.39, 0.29) is 12.0 Å². The van der Waals surface area contributed by atoms with Crippen LogP contribution >= 0.6 is 0 Å². The molecular weight excluding hydrogens is 184 g/mol. The van der Waals surface area contributed by atoms with Crippen LogP contribution in [0.3, 0.4) is 0 Å². The Labute approximate surface area is 94.9 Å². The van der Waals surface area contributed by atoms with E-state index in [1.807, 2.05) is 13.8 Å². The van der Waals surface area contributed by atoms with E-state index < -0.39 is 0 Å². The fourth-order valence-electron chi connectivity index (χ4n) is 1.59. The molecule has 0 aromatic carbocycles. The van der Waals surface area contributed by atoms with Gasteiger partial charge < -0.3 is 5.11 Å². The molecule has 2 atom stereocenters. The van der Waals surface area contributed by atoms with Crippen LogP contribution in [0.5, 0.6) is 0 Å². The summed E-state index contributed by atoms with van der Waals surface area (Å²) in [6, 6.07) is 0. The fraction of sp³-hybridized carbons (Fsp3) is 0.714. The fourth-order valence-corrected chi connectivity index (χ4v) is 1.59. The smallest absolute Gasteiger partial charge is 0.0625 e. The lowest BCUT2D eigenvalue weighted by Gasteiger charge is -2.24. The summed E-state index contributed by atoms with van der Waals surface area (Å²) < 4.78 is 0. The van der Waals surface area contributed by atoms with Crippen molar-refractivity contribution >= 4 is 0 Å². The molecule has 1 N–H and O–H groups in total. The Morgan fingerprint density at radius 1 is 1.27 bits per heavy atom. The van der Waals surface area contributed by atoms with Gasteiger partial charge in [0.25, 0.3) is 0 Å². The van der Waals surface area contributed by atoms with E-state index in [9.17, 15) is 5.11 Å². The quantitative estimate of drug-likeness (QED) is 0.658. The zero-order valence-electron chi connectivity index (χ0n) is 10.9. The van der Waals surface area contributed by atoms with Crippen molar-refractivity contribution in [3.63, 3.8) is 0 Å². The van der Waals surface area contributed by atoms with E-state index in [1.54, 1.807) is 0 Å². The number of hydrogen-bond donors (Lipinski definition) is 1. The van der Waals surface area contributed by atoms with Gasteiger partial charge in [0.1, 0.15) is 0 Å². The van der Waals surface area contributed by atoms with E-state index in [0.717, 1.165) is 18.4 Å². The molecule has 2 unspecified atom stereocenters. The summed E-state index contributed by atoms with van der Waals surface area (Å²) in [4.78, 5) is 0. The summed E-state index contributed by atoms with van der Waals surface area (Å²) in [5, 5.41) is 9.90. The van der Waals surface area contributed by atoms with Gasteiger partial charge in [0.15, 0.2) is 0 Å². The number of allylic oxidation sites excluding steroid dienone is 2. The Morgan fingerprint density at radius 2 is 1.80 bits per heavy atom. The standard InChI is InChI=1S/C14H26O/c1-10(2)8-7-9-12(5)13(6)14(15)11(3)4/h8,11,13-15H,5,7,9H2,1-4,6H3. The molecule has 15 heavy (non-hydrogen) atoms. The first kappa shape index (κ1) is 14.4. The van der Waals surface area contributed by atoms with Crippen molar-refractivity contribution in [1.29, 1.82) is 0 Å². The maximum Gasteiger partial charge on any atom is 0.0625 e. The molecule has 88 valence electrons. The molecule has 1 nitrogen and oxygen atoms in total. The third-order valence-electron chi connectivity index (χ3n) is 2.86. The minimum atomic E-state index is -0.260. The predicted octanol–water partition coefficient (Wildman–Crippen LogP) is 3.94. The van der Waals surface area contributed by atoms with Crippen molar-refractivity contribution in [2.45, 2.75) is 53.6 Å². The second-order valence-electron chi connectivity index (χ2n) is 5.00. The van der Waals surface area contributed by atoms with Gasteiger partial charge >= 0.3 is 0 Å². The summed E-state index contributed by atoms with van der Waals surface area (Å²) in [5.41, 5.74) is 2.51. The van der Waals surface area contributed by atoms with Crippen molar-refractivity contribution in [2.75, 3.05) is 0 Å². The molecule has 0 amide bonds. The molecule has 0 aliphatic rings. The van der Waals surface area contributed by atoms with Gasteiger partial charge in [-0.15, -0.1) is 0 Å². The highest BCUT2D eigenvalue weighted by Crippen LogP contribution is 2.22. The Balaban J connectivity index is 4.05. The maximum atomic E-state index is 9.90. The highest BCUT2D eigenvalue weighted by Gasteiger charge is 2.19. The summed E-state index contributed by atoms with van der Waals surface area (Å²) >= 11 is 0. The predicted molar refractivity (Wildman–Crippen MR) is 67.8 cm³/mol. The summed E-state index contributed by atoms with van der Waals surface area (Å²) in [6.45, 7) is 14.4. The van der Waals surface area contributed by atoms with Gasteiger partial charge in [0.2, 0.25) is 0 Å². The molecule has 0 saturated heterocycles. The third kappa shape index (κ3) is 5.78. The lowest BCUT2D eigenvalue weighted by molar-refractivity contribution is 0.0856. The van der Waals surface area contributed by atoms with E-state index in [0.29, 0.717) is 5.92 Å². The van der Waals surface area contributed by atoms with Gasteiger partial charge in [-0.1, -0.05) is 44.6 Å². The van der Waals surface area contributed by atoms with Crippen LogP contribution in [0.15, 0.2) is 23.8 Å². The molecule has 0 aromatic rings. The topological polar surface area (TPSA) is 20.2 Å². The van der Waals surface area contributed by atoms with Gasteiger partial charge in [0.05, 0.1) is 6.10 Å². The summed E-state index contributed by atoms with van der Waals surface area (Å²) in [7, 11) is 0. The average Bonchev–Trinajstić information content (AvgIpc) is 2.14. The third-order valence-corrected chi connectivity index (χ3v) is 2.86. The molecule has 0 heterocycles. The maximum absolute atomic E-state index is 9.90. The number of aliphatic hydroxyl groups excluding tert-OH is 1. The van der Waals surface area contributed by atoms with Crippen LogP contribution in [-0.2, 0) is 0 Å². The molecule has 1 heteroatoms. The largest absolute Gasteiger partial charge is 0.392 e. The molecule has 0 spiro atoms. The number of rotatable bonds is 6. The van der Waals surface area contributed by atoms with E-state index in [2.05, 4.69) is 33.4 Å². The number of aliphatic hydroxyl groups is 1. The molecule has 0 radical (unpaired) electrons. The lowest BCUT2D eigenvalue weighted by Crippen LogP contribution is -2.24. The molecule has 0 fully saturated rings. The second-order valence-corrected chi connectivity index (χ2v) is 5.00. The van der Waals surface area contributed by atoms with Crippen molar-refractivity contribution < 1.29 is 5.11 Å². The molecule has 0 saturated carbocycles. The Morgan fingerprint density at radius 3 is 2.20 bits per heavy atom. The van der Waals surface area contributed by atoms with Gasteiger partial charge in [-0.3, -0.25) is 0 Å². The van der Waals surface area contributed by atoms with Crippen LogP contribution in [0.25, 0.3) is 0 Å². The zero-order valence-corrected chi connectivity index (χ0v) is 10.9. The SMILES string of the molecule is C=C(CCC=C(C)C)C(C)C(O)C(C)C. The van der Waals surface area contributed by atoms with Gasteiger partial charge in [0, 0.05) is 5.92 Å². The van der Waals surface area contributed by atoms with E-state index in [1.165, 1.54) is 5.57 Å². The molecule has 0 bridgehead atoms. The summed E-state index contributed by atoms with van der Waals surface area (Å²) in [6.07, 6.45) is 3.98. The van der Waals surface area contributed by atoms with Gasteiger partial charge in [-0.25, -0.2) is 0 Å². The molecule has 0 aromatic heterocycles. The minimum absolute atomic E-state index is 0.204. The van der Waals surface area contributed by atoms with Crippen LogP contribution < -0.4 is 0 Å². The monoisotopic (exact) mass is 210 g/mol. The first-order valence-corrected chi connectivity index (χ1v) is 5.85. The van der Waals surface area contributed by atoms with Gasteiger partial charge in [-0.2, -0.15) is 0 Å². The van der Waals surface area contributed by atoms with Crippen molar-refractivity contribution in [2.24, 2.45) is 11.8 Å². The normalized spacial score (nSPS) is 14.9. The van der Waals surface area contributed by atoms with Crippen LogP contribution in [0.2, 0.25) is 0 Å². The van der Waals surface area contributed by atoms with Crippen molar-refractivity contribution in [1.82, 2.24) is 0 Å². The summed E-state index contributed by atoms with van der Waals surface area (Å²) in [5.74, 6) is 0.510. The van der Waals surface area contributed by atoms with E-state index in [4.69, 9.17) is 0 Å². The first-order chi connectivity index (χ1) is 6.86. The first-order valence-electron chi connectivity index (χ1n) is 5.85. The number of hydrogen-bond acceptors (Lipinski definition) is 1. The van der Waals surface area contributed by atoms with Crippen LogP contribution in [0, 0.1) is 11.8 Å². The van der Waals surface area contributed by atoms with Crippen LogP contribution in [0.4, 0.5) is 0 Å². The Hall–Kier alpha value is -0.560. The highest BCUT2D eigenvalue weighted by molar-refractivity contribution is 5.05. The Bertz CT molecular complexity index is 221. The average molecular weight is 210 g/mol. The van der Waals surface area contributed by atoms with Crippen molar-refractivity contribution in [3.8, 4) is 0 Å². The lowest BCUT2D eigenvalue weighted by atomic mass is 9.87. The van der Waals surface area contributed by atoms with Crippen molar-refractivity contribution in [3.05, 3.63) is 23.8 Å². The van der Waals surface area contributed by atoms with Gasteiger partial charge in [-0.05, 0) is 32.6 Å². The van der Waals surface area contributed by atoms with E-state index >= 15 is 0 Å². The second kappa shape index (κ2) is 6.84. The minimum Gasteiger partial charge on any atom is -0.392 e. The Kier molecular flexibility index (Phi) is 6.58. The highest BCUT2D eigenvalue weighted by atomic mass is 16.3. The molecule has 0 rings (SSSR count). The molecule has 0 aliphatic carbocycles. The van der Waals surface area contributed by atoms with Crippen LogP contribution in [-0.4, -0.2) is 11.2 Å². The molecular formula is C14H26O.